The molecule has 2 aromatic carbocycles. The van der Waals surface area contributed by atoms with Crippen molar-refractivity contribution in [3.05, 3.63) is 70.1 Å². The van der Waals surface area contributed by atoms with Gasteiger partial charge in [0, 0.05) is 23.4 Å². The van der Waals surface area contributed by atoms with Gasteiger partial charge in [0.05, 0.1) is 16.8 Å². The molecule has 1 aromatic heterocycles. The summed E-state index contributed by atoms with van der Waals surface area (Å²) in [5, 5.41) is 4.80. The van der Waals surface area contributed by atoms with Crippen LogP contribution in [0.2, 0.25) is 5.02 Å². The van der Waals surface area contributed by atoms with Crippen molar-refractivity contribution in [3.8, 4) is 22.6 Å². The van der Waals surface area contributed by atoms with Gasteiger partial charge in [-0.3, -0.25) is 4.79 Å². The van der Waals surface area contributed by atoms with Crippen LogP contribution in [0.15, 0.2) is 64.4 Å². The van der Waals surface area contributed by atoms with E-state index >= 15 is 0 Å². The van der Waals surface area contributed by atoms with E-state index in [1.807, 2.05) is 0 Å². The zero-order chi connectivity index (χ0) is 23.3. The fraction of sp³-hybridized carbons (Fsp3) is 0.304. The van der Waals surface area contributed by atoms with Crippen LogP contribution in [-0.4, -0.2) is 55.6 Å². The lowest BCUT2D eigenvalue weighted by Crippen LogP contribution is -2.30. The number of rotatable bonds is 9. The number of halogens is 1. The minimum absolute atomic E-state index is 0.152. The van der Waals surface area contributed by atoms with Gasteiger partial charge < -0.3 is 9.64 Å². The van der Waals surface area contributed by atoms with Crippen LogP contribution in [0.25, 0.3) is 16.8 Å². The SMILES string of the molecule is CCN(CC)CCOc1c(-c2ccc(S(C)(=O)=O)cc2)cnn(-c2cccc(Cl)c2)c1=O. The topological polar surface area (TPSA) is 81.5 Å². The maximum atomic E-state index is 13.3. The molecule has 32 heavy (non-hydrogen) atoms. The van der Waals surface area contributed by atoms with Gasteiger partial charge in [-0.25, -0.2) is 8.42 Å². The van der Waals surface area contributed by atoms with Crippen LogP contribution in [0.3, 0.4) is 0 Å². The first-order valence-corrected chi connectivity index (χ1v) is 12.6. The Balaban J connectivity index is 2.05. The van der Waals surface area contributed by atoms with Gasteiger partial charge in [-0.1, -0.05) is 43.6 Å². The van der Waals surface area contributed by atoms with Crippen molar-refractivity contribution in [1.29, 1.82) is 0 Å². The molecule has 0 saturated carbocycles. The summed E-state index contributed by atoms with van der Waals surface area (Å²) >= 11 is 6.09. The van der Waals surface area contributed by atoms with Crippen LogP contribution in [0, 0.1) is 0 Å². The maximum absolute atomic E-state index is 13.3. The number of nitrogens with zero attached hydrogens (tertiary/aromatic N) is 3. The molecule has 3 rings (SSSR count). The van der Waals surface area contributed by atoms with E-state index in [0.29, 0.717) is 35.0 Å². The highest BCUT2D eigenvalue weighted by molar-refractivity contribution is 7.90. The molecule has 0 aliphatic heterocycles. The van der Waals surface area contributed by atoms with E-state index < -0.39 is 15.4 Å². The van der Waals surface area contributed by atoms with Gasteiger partial charge in [0.15, 0.2) is 15.6 Å². The van der Waals surface area contributed by atoms with Crippen molar-refractivity contribution >= 4 is 21.4 Å². The third-order valence-corrected chi connectivity index (χ3v) is 6.49. The maximum Gasteiger partial charge on any atom is 0.314 e. The molecule has 1 heterocycles. The predicted molar refractivity (Wildman–Crippen MR) is 127 cm³/mol. The fourth-order valence-corrected chi connectivity index (χ4v) is 4.09. The van der Waals surface area contributed by atoms with E-state index in [0.717, 1.165) is 19.3 Å². The van der Waals surface area contributed by atoms with Crippen LogP contribution in [0.4, 0.5) is 0 Å². The van der Waals surface area contributed by atoms with E-state index in [1.54, 1.807) is 42.6 Å². The monoisotopic (exact) mass is 475 g/mol. The second kappa shape index (κ2) is 10.3. The molecular weight excluding hydrogens is 450 g/mol. The Bertz CT molecular complexity index is 1240. The molecule has 0 radical (unpaired) electrons. The van der Waals surface area contributed by atoms with Crippen molar-refractivity contribution in [2.45, 2.75) is 18.7 Å². The molecule has 0 spiro atoms. The molecule has 3 aromatic rings. The number of ether oxygens (including phenoxy) is 1. The van der Waals surface area contributed by atoms with Crippen molar-refractivity contribution in [2.75, 3.05) is 32.5 Å². The molecule has 170 valence electrons. The van der Waals surface area contributed by atoms with Gasteiger partial charge in [0.2, 0.25) is 0 Å². The molecular formula is C23H26ClN3O4S. The van der Waals surface area contributed by atoms with Gasteiger partial charge in [-0.2, -0.15) is 9.78 Å². The molecule has 0 atom stereocenters. The van der Waals surface area contributed by atoms with Gasteiger partial charge in [0.25, 0.3) is 0 Å². The third kappa shape index (κ3) is 5.56. The fourth-order valence-electron chi connectivity index (χ4n) is 3.27. The molecule has 0 amide bonds. The van der Waals surface area contributed by atoms with Crippen molar-refractivity contribution in [1.82, 2.24) is 14.7 Å². The zero-order valence-electron chi connectivity index (χ0n) is 18.3. The smallest absolute Gasteiger partial charge is 0.314 e. The summed E-state index contributed by atoms with van der Waals surface area (Å²) in [7, 11) is -3.33. The summed E-state index contributed by atoms with van der Waals surface area (Å²) in [6.45, 7) is 6.88. The second-order valence-corrected chi connectivity index (χ2v) is 9.71. The largest absolute Gasteiger partial charge is 0.486 e. The van der Waals surface area contributed by atoms with Gasteiger partial charge >= 0.3 is 5.56 Å². The van der Waals surface area contributed by atoms with E-state index in [9.17, 15) is 13.2 Å². The Kier molecular flexibility index (Phi) is 7.71. The first-order chi connectivity index (χ1) is 15.2. The highest BCUT2D eigenvalue weighted by Crippen LogP contribution is 2.28. The summed E-state index contributed by atoms with van der Waals surface area (Å²) < 4.78 is 30.8. The number of hydrogen-bond acceptors (Lipinski definition) is 6. The minimum atomic E-state index is -3.33. The lowest BCUT2D eigenvalue weighted by Gasteiger charge is -2.19. The highest BCUT2D eigenvalue weighted by atomic mass is 35.5. The molecule has 0 unspecified atom stereocenters. The molecule has 0 aliphatic rings. The number of sulfone groups is 1. The molecule has 7 nitrogen and oxygen atoms in total. The summed E-state index contributed by atoms with van der Waals surface area (Å²) in [6, 6.07) is 13.2. The number of aromatic nitrogens is 2. The quantitative estimate of drug-likeness (QED) is 0.469. The second-order valence-electron chi connectivity index (χ2n) is 7.26. The molecule has 0 aliphatic carbocycles. The van der Waals surface area contributed by atoms with E-state index in [2.05, 4.69) is 23.8 Å². The average molecular weight is 476 g/mol. The van der Waals surface area contributed by atoms with Gasteiger partial charge in [0.1, 0.15) is 6.61 Å². The highest BCUT2D eigenvalue weighted by Gasteiger charge is 2.17. The number of likely N-dealkylation sites (N-methyl/N-ethyl adjacent to an activating group) is 1. The molecule has 0 N–H and O–H groups in total. The summed E-state index contributed by atoms with van der Waals surface area (Å²) in [6.07, 6.45) is 2.70. The average Bonchev–Trinajstić information content (AvgIpc) is 2.77. The van der Waals surface area contributed by atoms with Crippen molar-refractivity contribution in [3.63, 3.8) is 0 Å². The molecule has 0 fully saturated rings. The summed E-state index contributed by atoms with van der Waals surface area (Å²) in [5.41, 5.74) is 1.23. The normalized spacial score (nSPS) is 11.7. The van der Waals surface area contributed by atoms with E-state index in [4.69, 9.17) is 16.3 Å². The molecule has 0 bridgehead atoms. The third-order valence-electron chi connectivity index (χ3n) is 5.13. The Hall–Kier alpha value is -2.68. The lowest BCUT2D eigenvalue weighted by atomic mass is 10.1. The van der Waals surface area contributed by atoms with Crippen LogP contribution in [0.5, 0.6) is 5.75 Å². The summed E-state index contributed by atoms with van der Waals surface area (Å²) in [5.74, 6) is 0.152. The lowest BCUT2D eigenvalue weighted by molar-refractivity contribution is 0.221. The molecule has 0 saturated heterocycles. The predicted octanol–water partition coefficient (Wildman–Crippen LogP) is 3.68. The van der Waals surface area contributed by atoms with Crippen LogP contribution in [-0.2, 0) is 9.84 Å². The minimum Gasteiger partial charge on any atom is -0.486 e. The Morgan fingerprint density at radius 3 is 2.38 bits per heavy atom. The van der Waals surface area contributed by atoms with Crippen LogP contribution in [0.1, 0.15) is 13.8 Å². The summed E-state index contributed by atoms with van der Waals surface area (Å²) in [4.78, 5) is 15.7. The van der Waals surface area contributed by atoms with E-state index in [-0.39, 0.29) is 10.6 Å². The van der Waals surface area contributed by atoms with E-state index in [1.165, 1.54) is 16.8 Å². The van der Waals surface area contributed by atoms with Crippen LogP contribution < -0.4 is 10.3 Å². The number of hydrogen-bond donors (Lipinski definition) is 0. The Labute approximate surface area is 193 Å². The molecule has 9 heteroatoms. The first kappa shape index (κ1) is 24.0. The van der Waals surface area contributed by atoms with Crippen LogP contribution >= 0.6 is 11.6 Å². The van der Waals surface area contributed by atoms with Gasteiger partial charge in [-0.15, -0.1) is 0 Å². The van der Waals surface area contributed by atoms with Crippen molar-refractivity contribution < 1.29 is 13.2 Å². The Morgan fingerprint density at radius 1 is 1.09 bits per heavy atom. The standard InChI is InChI=1S/C23H26ClN3O4S/c1-4-26(5-2)13-14-31-22-21(17-9-11-20(12-10-17)32(3,29)30)16-25-27(23(22)28)19-8-6-7-18(24)15-19/h6-12,15-16H,4-5,13-14H2,1-3H3. The Morgan fingerprint density at radius 2 is 1.78 bits per heavy atom. The van der Waals surface area contributed by atoms with Gasteiger partial charge in [-0.05, 0) is 49.0 Å². The first-order valence-electron chi connectivity index (χ1n) is 10.3. The van der Waals surface area contributed by atoms with Crippen molar-refractivity contribution in [2.24, 2.45) is 0 Å². The number of benzene rings is 2. The zero-order valence-corrected chi connectivity index (χ0v) is 19.9.